The van der Waals surface area contributed by atoms with Crippen LogP contribution in [0.2, 0.25) is 10.0 Å². The predicted molar refractivity (Wildman–Crippen MR) is 131 cm³/mol. The largest absolute Gasteiger partial charge is 0.342 e. The molecule has 0 aliphatic rings. The summed E-state index contributed by atoms with van der Waals surface area (Å²) in [6.07, 6.45) is 3.55. The van der Waals surface area contributed by atoms with Crippen LogP contribution >= 0.6 is 23.2 Å². The summed E-state index contributed by atoms with van der Waals surface area (Å²) in [7, 11) is 0. The lowest BCUT2D eigenvalue weighted by atomic mass is 10.1. The zero-order chi connectivity index (χ0) is 22.7. The molecule has 0 atom stereocenters. The van der Waals surface area contributed by atoms with Crippen molar-refractivity contribution in [3.05, 3.63) is 105 Å². The molecule has 1 N–H and O–H groups in total. The molecule has 4 nitrogen and oxygen atoms in total. The van der Waals surface area contributed by atoms with Crippen molar-refractivity contribution in [2.75, 3.05) is 5.32 Å². The summed E-state index contributed by atoms with van der Waals surface area (Å²) < 4.78 is 2.07. The third-order valence-corrected chi connectivity index (χ3v) is 6.08. The Morgan fingerprint density at radius 3 is 2.53 bits per heavy atom. The molecule has 1 heterocycles. The van der Waals surface area contributed by atoms with Crippen molar-refractivity contribution in [3.8, 4) is 6.07 Å². The van der Waals surface area contributed by atoms with Crippen molar-refractivity contribution < 1.29 is 4.79 Å². The summed E-state index contributed by atoms with van der Waals surface area (Å²) in [4.78, 5) is 12.8. The maximum absolute atomic E-state index is 12.8. The molecule has 0 fully saturated rings. The average molecular weight is 460 g/mol. The van der Waals surface area contributed by atoms with E-state index in [-0.39, 0.29) is 5.57 Å². The van der Waals surface area contributed by atoms with Gasteiger partial charge >= 0.3 is 0 Å². The monoisotopic (exact) mass is 459 g/mol. The summed E-state index contributed by atoms with van der Waals surface area (Å²) >= 11 is 12.5. The van der Waals surface area contributed by atoms with Crippen molar-refractivity contribution in [1.29, 1.82) is 5.26 Å². The fourth-order valence-corrected chi connectivity index (χ4v) is 3.94. The lowest BCUT2D eigenvalue weighted by Gasteiger charge is -2.08. The van der Waals surface area contributed by atoms with E-state index in [2.05, 4.69) is 9.88 Å². The number of nitrogens with one attached hydrogen (secondary N) is 1. The van der Waals surface area contributed by atoms with E-state index < -0.39 is 5.91 Å². The van der Waals surface area contributed by atoms with E-state index in [4.69, 9.17) is 23.2 Å². The number of carbonyl (C=O) groups excluding carboxylic acids is 1. The molecule has 0 aliphatic heterocycles. The van der Waals surface area contributed by atoms with E-state index in [0.29, 0.717) is 22.3 Å². The van der Waals surface area contributed by atoms with Crippen LogP contribution in [0.4, 0.5) is 5.69 Å². The predicted octanol–water partition coefficient (Wildman–Crippen LogP) is 6.85. The SMILES string of the molecule is Cc1c(Cl)cccc1NC(=O)/C(C#N)=C\c1cn(Cc2ccccc2Cl)c2ccccc12. The fraction of sp³-hybridized carbons (Fsp3) is 0.0769. The number of benzene rings is 3. The Kier molecular flexibility index (Phi) is 6.32. The molecule has 32 heavy (non-hydrogen) atoms. The Labute approximate surface area is 196 Å². The van der Waals surface area contributed by atoms with Crippen LogP contribution in [0.15, 0.2) is 78.5 Å². The smallest absolute Gasteiger partial charge is 0.266 e. The summed E-state index contributed by atoms with van der Waals surface area (Å²) in [6, 6.07) is 22.8. The Morgan fingerprint density at radius 1 is 1.03 bits per heavy atom. The van der Waals surface area contributed by atoms with Gasteiger partial charge in [0.15, 0.2) is 0 Å². The van der Waals surface area contributed by atoms with Crippen LogP contribution in [0.3, 0.4) is 0 Å². The van der Waals surface area contributed by atoms with E-state index in [9.17, 15) is 10.1 Å². The summed E-state index contributed by atoms with van der Waals surface area (Å²) in [5.74, 6) is -0.485. The minimum Gasteiger partial charge on any atom is -0.342 e. The number of halogens is 2. The zero-order valence-corrected chi connectivity index (χ0v) is 18.8. The topological polar surface area (TPSA) is 57.8 Å². The number of aromatic nitrogens is 1. The molecule has 3 aromatic carbocycles. The van der Waals surface area contributed by atoms with E-state index >= 15 is 0 Å². The van der Waals surface area contributed by atoms with Gasteiger partial charge in [-0.25, -0.2) is 0 Å². The molecule has 0 aliphatic carbocycles. The molecule has 6 heteroatoms. The molecule has 1 amide bonds. The van der Waals surface area contributed by atoms with E-state index in [0.717, 1.165) is 27.6 Å². The Bertz CT molecular complexity index is 1400. The molecule has 0 saturated carbocycles. The number of carbonyl (C=O) groups is 1. The molecule has 1 aromatic heterocycles. The number of nitriles is 1. The Balaban J connectivity index is 1.70. The zero-order valence-electron chi connectivity index (χ0n) is 17.3. The van der Waals surface area contributed by atoms with Gasteiger partial charge in [-0.05, 0) is 48.4 Å². The van der Waals surface area contributed by atoms with Gasteiger partial charge in [0, 0.05) is 44.9 Å². The van der Waals surface area contributed by atoms with Gasteiger partial charge in [0.25, 0.3) is 5.91 Å². The highest BCUT2D eigenvalue weighted by atomic mass is 35.5. The highest BCUT2D eigenvalue weighted by molar-refractivity contribution is 6.32. The number of hydrogen-bond donors (Lipinski definition) is 1. The fourth-order valence-electron chi connectivity index (χ4n) is 3.57. The highest BCUT2D eigenvalue weighted by Crippen LogP contribution is 2.27. The second-order valence-electron chi connectivity index (χ2n) is 7.36. The van der Waals surface area contributed by atoms with Crippen LogP contribution in [0.5, 0.6) is 0 Å². The molecule has 4 aromatic rings. The van der Waals surface area contributed by atoms with Gasteiger partial charge in [-0.3, -0.25) is 4.79 Å². The summed E-state index contributed by atoms with van der Waals surface area (Å²) in [6.45, 7) is 2.39. The maximum atomic E-state index is 12.8. The maximum Gasteiger partial charge on any atom is 0.266 e. The second-order valence-corrected chi connectivity index (χ2v) is 8.17. The minimum absolute atomic E-state index is 0.00465. The summed E-state index contributed by atoms with van der Waals surface area (Å²) in [5, 5.41) is 14.7. The second kappa shape index (κ2) is 9.32. The number of fused-ring (bicyclic) bond motifs is 1. The van der Waals surface area contributed by atoms with E-state index in [1.54, 1.807) is 24.3 Å². The summed E-state index contributed by atoms with van der Waals surface area (Å²) in [5.41, 5.74) is 4.08. The molecular formula is C26H19Cl2N3O. The third-order valence-electron chi connectivity index (χ3n) is 5.30. The molecule has 0 spiro atoms. The van der Waals surface area contributed by atoms with Gasteiger partial charge in [0.2, 0.25) is 0 Å². The number of anilines is 1. The van der Waals surface area contributed by atoms with Crippen molar-refractivity contribution >= 4 is 51.8 Å². The molecule has 0 radical (unpaired) electrons. The first-order chi connectivity index (χ1) is 15.5. The molecule has 0 bridgehead atoms. The van der Waals surface area contributed by atoms with Crippen LogP contribution in [-0.2, 0) is 11.3 Å². The van der Waals surface area contributed by atoms with E-state index in [1.807, 2.05) is 67.7 Å². The van der Waals surface area contributed by atoms with Crippen molar-refractivity contribution in [3.63, 3.8) is 0 Å². The first-order valence-electron chi connectivity index (χ1n) is 9.97. The Hall–Kier alpha value is -3.52. The van der Waals surface area contributed by atoms with Gasteiger partial charge in [-0.2, -0.15) is 5.26 Å². The molecule has 0 saturated heterocycles. The van der Waals surface area contributed by atoms with Crippen LogP contribution in [0.1, 0.15) is 16.7 Å². The van der Waals surface area contributed by atoms with Crippen LogP contribution in [-0.4, -0.2) is 10.5 Å². The Morgan fingerprint density at radius 2 is 1.75 bits per heavy atom. The molecule has 4 rings (SSSR count). The highest BCUT2D eigenvalue weighted by Gasteiger charge is 2.14. The van der Waals surface area contributed by atoms with Gasteiger partial charge in [-0.15, -0.1) is 0 Å². The van der Waals surface area contributed by atoms with Gasteiger partial charge in [0.05, 0.1) is 0 Å². The number of para-hydroxylation sites is 1. The van der Waals surface area contributed by atoms with Crippen LogP contribution < -0.4 is 5.32 Å². The molecular weight excluding hydrogens is 441 g/mol. The quantitative estimate of drug-likeness (QED) is 0.262. The van der Waals surface area contributed by atoms with Crippen molar-refractivity contribution in [2.24, 2.45) is 0 Å². The van der Waals surface area contributed by atoms with Crippen LogP contribution in [0.25, 0.3) is 17.0 Å². The lowest BCUT2D eigenvalue weighted by Crippen LogP contribution is -2.14. The van der Waals surface area contributed by atoms with E-state index in [1.165, 1.54) is 0 Å². The van der Waals surface area contributed by atoms with Crippen LogP contribution in [0, 0.1) is 18.3 Å². The number of rotatable bonds is 5. The van der Waals surface area contributed by atoms with Gasteiger partial charge < -0.3 is 9.88 Å². The first kappa shape index (κ1) is 21.7. The molecule has 0 unspecified atom stereocenters. The third kappa shape index (κ3) is 4.40. The van der Waals surface area contributed by atoms with Gasteiger partial charge in [0.1, 0.15) is 11.6 Å². The average Bonchev–Trinajstić information content (AvgIpc) is 3.14. The minimum atomic E-state index is -0.485. The number of amides is 1. The lowest BCUT2D eigenvalue weighted by molar-refractivity contribution is -0.112. The van der Waals surface area contributed by atoms with Gasteiger partial charge in [-0.1, -0.05) is 65.7 Å². The number of nitrogens with zero attached hydrogens (tertiary/aromatic N) is 2. The van der Waals surface area contributed by atoms with Crippen molar-refractivity contribution in [1.82, 2.24) is 4.57 Å². The molecule has 158 valence electrons. The normalized spacial score (nSPS) is 11.4. The number of hydrogen-bond acceptors (Lipinski definition) is 2. The standard InChI is InChI=1S/C26H19Cl2N3O/c1-17-22(27)10-6-11-24(17)30-26(32)19(14-29)13-20-16-31(25-12-5-3-8-21(20)25)15-18-7-2-4-9-23(18)28/h2-13,16H,15H2,1H3,(H,30,32)/b19-13-. The first-order valence-corrected chi connectivity index (χ1v) is 10.7. The van der Waals surface area contributed by atoms with Crippen molar-refractivity contribution in [2.45, 2.75) is 13.5 Å².